The molecule has 3 aromatic rings. The third-order valence-corrected chi connectivity index (χ3v) is 5.64. The van der Waals surface area contributed by atoms with Gasteiger partial charge >= 0.3 is 23.9 Å². The van der Waals surface area contributed by atoms with Crippen LogP contribution in [0.3, 0.4) is 0 Å². The number of esters is 4. The first-order chi connectivity index (χ1) is 20.2. The summed E-state index contributed by atoms with van der Waals surface area (Å²) in [7, 11) is 0. The van der Waals surface area contributed by atoms with Gasteiger partial charge in [-0.25, -0.2) is 23.6 Å². The van der Waals surface area contributed by atoms with Crippen LogP contribution in [0.2, 0.25) is 0 Å². The van der Waals surface area contributed by atoms with Gasteiger partial charge in [-0.2, -0.15) is 0 Å². The van der Waals surface area contributed by atoms with Gasteiger partial charge in [-0.15, -0.1) is 0 Å². The molecule has 0 aromatic heterocycles. The van der Waals surface area contributed by atoms with Gasteiger partial charge in [0, 0.05) is 40.5 Å². The summed E-state index contributed by atoms with van der Waals surface area (Å²) < 4.78 is 36.7. The zero-order valence-electron chi connectivity index (χ0n) is 24.2. The summed E-state index contributed by atoms with van der Waals surface area (Å²) in [6.45, 7) is 20.0. The second-order valence-corrected chi connectivity index (χ2v) is 9.73. The predicted octanol–water partition coefficient (Wildman–Crippen LogP) is 7.09. The van der Waals surface area contributed by atoms with E-state index in [-0.39, 0.29) is 50.9 Å². The Morgan fingerprint density at radius 3 is 1.30 bits per heavy atom. The molecule has 0 bridgehead atoms. The van der Waals surface area contributed by atoms with Crippen LogP contribution in [0.25, 0.3) is 22.3 Å². The highest BCUT2D eigenvalue weighted by molar-refractivity contribution is 5.92. The first kappa shape index (κ1) is 32.0. The number of halogens is 1. The van der Waals surface area contributed by atoms with E-state index in [1.807, 2.05) is 0 Å². The number of benzene rings is 3. The molecule has 0 amide bonds. The van der Waals surface area contributed by atoms with Gasteiger partial charge in [-0.1, -0.05) is 50.6 Å². The highest BCUT2D eigenvalue weighted by atomic mass is 19.1. The van der Waals surface area contributed by atoms with Crippen molar-refractivity contribution in [3.05, 3.63) is 109 Å². The van der Waals surface area contributed by atoms with Crippen LogP contribution >= 0.6 is 0 Å². The largest absolute Gasteiger partial charge is 0.423 e. The lowest BCUT2D eigenvalue weighted by Crippen LogP contribution is -2.11. The van der Waals surface area contributed by atoms with Crippen molar-refractivity contribution in [1.82, 2.24) is 0 Å². The molecule has 0 unspecified atom stereocenters. The summed E-state index contributed by atoms with van der Waals surface area (Å²) in [6.07, 6.45) is 0. The van der Waals surface area contributed by atoms with E-state index in [9.17, 15) is 19.2 Å². The molecular weight excluding hydrogens is 555 g/mol. The van der Waals surface area contributed by atoms with Crippen LogP contribution in [0.5, 0.6) is 23.0 Å². The maximum atomic E-state index is 15.5. The molecule has 0 heterocycles. The van der Waals surface area contributed by atoms with Crippen LogP contribution in [0.1, 0.15) is 27.7 Å². The van der Waals surface area contributed by atoms with Crippen molar-refractivity contribution in [3.63, 3.8) is 0 Å². The monoisotopic (exact) mass is 584 g/mol. The Labute approximate surface area is 248 Å². The molecule has 0 fully saturated rings. The maximum absolute atomic E-state index is 15.5. The average molecular weight is 585 g/mol. The zero-order chi connectivity index (χ0) is 32.0. The Hall–Kier alpha value is -5.57. The van der Waals surface area contributed by atoms with Crippen molar-refractivity contribution in [1.29, 1.82) is 0 Å². The van der Waals surface area contributed by atoms with Crippen molar-refractivity contribution in [2.75, 3.05) is 0 Å². The highest BCUT2D eigenvalue weighted by Crippen LogP contribution is 2.38. The topological polar surface area (TPSA) is 105 Å². The number of ether oxygens (including phenoxy) is 4. The molecule has 0 aliphatic rings. The van der Waals surface area contributed by atoms with E-state index < -0.39 is 29.7 Å². The Morgan fingerprint density at radius 1 is 0.512 bits per heavy atom. The quantitative estimate of drug-likeness (QED) is 0.141. The van der Waals surface area contributed by atoms with Crippen LogP contribution in [0, 0.1) is 5.82 Å². The molecule has 0 saturated carbocycles. The van der Waals surface area contributed by atoms with E-state index in [4.69, 9.17) is 18.9 Å². The van der Waals surface area contributed by atoms with E-state index >= 15 is 4.39 Å². The first-order valence-corrected chi connectivity index (χ1v) is 12.8. The Bertz CT molecular complexity index is 1650. The van der Waals surface area contributed by atoms with Crippen molar-refractivity contribution < 1.29 is 42.5 Å². The molecule has 0 saturated heterocycles. The molecule has 0 atom stereocenters. The second kappa shape index (κ2) is 13.4. The molecule has 3 rings (SSSR count). The van der Waals surface area contributed by atoms with Crippen LogP contribution in [-0.2, 0) is 19.2 Å². The molecule has 8 nitrogen and oxygen atoms in total. The first-order valence-electron chi connectivity index (χ1n) is 12.8. The fourth-order valence-electron chi connectivity index (χ4n) is 3.43. The molecule has 0 radical (unpaired) electrons. The maximum Gasteiger partial charge on any atom is 0.338 e. The van der Waals surface area contributed by atoms with E-state index in [0.717, 1.165) is 6.07 Å². The minimum Gasteiger partial charge on any atom is -0.423 e. The van der Waals surface area contributed by atoms with Crippen LogP contribution in [-0.4, -0.2) is 23.9 Å². The van der Waals surface area contributed by atoms with Gasteiger partial charge in [-0.3, -0.25) is 0 Å². The van der Waals surface area contributed by atoms with Gasteiger partial charge in [0.05, 0.1) is 5.56 Å². The van der Waals surface area contributed by atoms with Crippen LogP contribution < -0.4 is 18.9 Å². The molecule has 9 heteroatoms. The van der Waals surface area contributed by atoms with Gasteiger partial charge in [0.25, 0.3) is 0 Å². The van der Waals surface area contributed by atoms with Crippen molar-refractivity contribution >= 4 is 23.9 Å². The third kappa shape index (κ3) is 8.23. The summed E-state index contributed by atoms with van der Waals surface area (Å²) >= 11 is 0. The molecule has 0 spiro atoms. The van der Waals surface area contributed by atoms with Crippen molar-refractivity contribution in [3.8, 4) is 45.3 Å². The fourth-order valence-corrected chi connectivity index (χ4v) is 3.43. The van der Waals surface area contributed by atoms with E-state index in [0.29, 0.717) is 16.7 Å². The number of carbonyl (C=O) groups is 4. The zero-order valence-corrected chi connectivity index (χ0v) is 24.2. The third-order valence-electron chi connectivity index (χ3n) is 5.64. The summed E-state index contributed by atoms with van der Waals surface area (Å²) in [5, 5.41) is 0. The highest BCUT2D eigenvalue weighted by Gasteiger charge is 2.20. The van der Waals surface area contributed by atoms with Gasteiger partial charge < -0.3 is 18.9 Å². The molecular formula is C34H29FO8. The number of hydrogen-bond donors (Lipinski definition) is 0. The molecule has 43 heavy (non-hydrogen) atoms. The summed E-state index contributed by atoms with van der Waals surface area (Å²) in [6, 6.07) is 13.1. The molecule has 220 valence electrons. The lowest BCUT2D eigenvalue weighted by atomic mass is 9.98. The summed E-state index contributed by atoms with van der Waals surface area (Å²) in [5.74, 6) is -3.95. The summed E-state index contributed by atoms with van der Waals surface area (Å²) in [5.41, 5.74) is 1.83. The average Bonchev–Trinajstić information content (AvgIpc) is 2.92. The minimum absolute atomic E-state index is 0.0708. The SMILES string of the molecule is C=C(C)C(=O)Oc1cc(OC(=O)C(=C)C)cc(-c2ccc(-c3c(F)cc(OC(=O)C(=C)C)cc3OC(=O)C(=C)C)cc2)c1. The number of hydrogen-bond acceptors (Lipinski definition) is 8. The van der Waals surface area contributed by atoms with Gasteiger partial charge in [-0.05, 0) is 56.5 Å². The van der Waals surface area contributed by atoms with Gasteiger partial charge in [0.2, 0.25) is 0 Å². The van der Waals surface area contributed by atoms with E-state index in [1.54, 1.807) is 36.4 Å². The van der Waals surface area contributed by atoms with Crippen molar-refractivity contribution in [2.45, 2.75) is 27.7 Å². The smallest absolute Gasteiger partial charge is 0.338 e. The minimum atomic E-state index is -0.827. The Kier molecular flexibility index (Phi) is 9.95. The lowest BCUT2D eigenvalue weighted by Gasteiger charge is -2.15. The van der Waals surface area contributed by atoms with Crippen molar-refractivity contribution in [2.24, 2.45) is 0 Å². The molecule has 3 aromatic carbocycles. The normalized spacial score (nSPS) is 10.3. The van der Waals surface area contributed by atoms with Crippen LogP contribution in [0.15, 0.2) is 103 Å². The Morgan fingerprint density at radius 2 is 0.884 bits per heavy atom. The standard InChI is InChI=1S/C34H29FO8/c1-18(2)31(36)40-25-13-24(14-26(15-25)41-32(37)19(3)4)22-9-11-23(12-10-22)30-28(35)16-27(42-33(38)20(5)6)17-29(30)43-34(39)21(7)8/h9-17H,1,3,5,7H2,2,4,6,8H3. The molecule has 0 aliphatic heterocycles. The Balaban J connectivity index is 2.08. The summed E-state index contributed by atoms with van der Waals surface area (Å²) in [4.78, 5) is 48.6. The second-order valence-electron chi connectivity index (χ2n) is 9.73. The van der Waals surface area contributed by atoms with Gasteiger partial charge in [0.1, 0.15) is 28.8 Å². The van der Waals surface area contributed by atoms with Crippen LogP contribution in [0.4, 0.5) is 4.39 Å². The van der Waals surface area contributed by atoms with E-state index in [2.05, 4.69) is 26.3 Å². The molecule has 0 N–H and O–H groups in total. The van der Waals surface area contributed by atoms with Gasteiger partial charge in [0.15, 0.2) is 0 Å². The number of carbonyl (C=O) groups excluding carboxylic acids is 4. The lowest BCUT2D eigenvalue weighted by molar-refractivity contribution is -0.131. The predicted molar refractivity (Wildman–Crippen MR) is 159 cm³/mol. The number of rotatable bonds is 10. The molecule has 0 aliphatic carbocycles. The fraction of sp³-hybridized carbons (Fsp3) is 0.118. The van der Waals surface area contributed by atoms with E-state index in [1.165, 1.54) is 39.8 Å².